The third-order valence-corrected chi connectivity index (χ3v) is 7.73. The summed E-state index contributed by atoms with van der Waals surface area (Å²) in [5.74, 6) is 1.75. The van der Waals surface area contributed by atoms with Crippen molar-refractivity contribution in [3.8, 4) is 0 Å². The summed E-state index contributed by atoms with van der Waals surface area (Å²) in [5.41, 5.74) is 1.31. The maximum Gasteiger partial charge on any atom is 0.0172 e. The van der Waals surface area contributed by atoms with Crippen LogP contribution in [-0.2, 0) is 0 Å². The second-order valence-electron chi connectivity index (χ2n) is 12.5. The van der Waals surface area contributed by atoms with Crippen molar-refractivity contribution in [2.75, 3.05) is 13.1 Å². The molecule has 214 valence electrons. The number of rotatable bonds is 26. The highest BCUT2D eigenvalue weighted by atomic mass is 15.1. The fourth-order valence-corrected chi connectivity index (χ4v) is 5.23. The first kappa shape index (κ1) is 33.8. The second-order valence-corrected chi connectivity index (χ2v) is 12.5. The third-order valence-electron chi connectivity index (χ3n) is 7.73. The van der Waals surface area contributed by atoms with Gasteiger partial charge >= 0.3 is 0 Å². The van der Waals surface area contributed by atoms with Crippen molar-refractivity contribution in [3.05, 3.63) is 42.1 Å². The molecule has 0 saturated heterocycles. The van der Waals surface area contributed by atoms with Gasteiger partial charge in [-0.15, -0.1) is 0 Å². The Morgan fingerprint density at radius 1 is 0.486 bits per heavy atom. The Morgan fingerprint density at radius 3 is 1.22 bits per heavy atom. The molecule has 1 aromatic carbocycles. The fraction of sp³-hybridized carbons (Fsp3) is 0.778. The normalized spacial score (nSPS) is 11.8. The number of hydrogen-bond donors (Lipinski definition) is 0. The topological polar surface area (TPSA) is 3.24 Å². The van der Waals surface area contributed by atoms with Crippen LogP contribution in [0.2, 0.25) is 0 Å². The molecule has 0 amide bonds. The maximum absolute atomic E-state index is 2.59. The van der Waals surface area contributed by atoms with E-state index in [0.29, 0.717) is 0 Å². The van der Waals surface area contributed by atoms with Gasteiger partial charge in [0.1, 0.15) is 0 Å². The quantitative estimate of drug-likeness (QED) is 0.112. The summed E-state index contributed by atoms with van der Waals surface area (Å²) >= 11 is 0. The van der Waals surface area contributed by atoms with Crippen LogP contribution in [-0.4, -0.2) is 18.0 Å². The minimum Gasteiger partial charge on any atom is -0.377 e. The van der Waals surface area contributed by atoms with E-state index in [1.165, 1.54) is 147 Å². The van der Waals surface area contributed by atoms with Gasteiger partial charge in [0.15, 0.2) is 0 Å². The molecule has 0 heterocycles. The summed E-state index contributed by atoms with van der Waals surface area (Å²) in [5, 5.41) is 0. The highest BCUT2D eigenvalue weighted by molar-refractivity contribution is 5.48. The molecule has 0 aliphatic heterocycles. The Hall–Kier alpha value is -1.24. The highest BCUT2D eigenvalue weighted by Crippen LogP contribution is 2.15. The van der Waals surface area contributed by atoms with E-state index in [9.17, 15) is 0 Å². The van der Waals surface area contributed by atoms with Gasteiger partial charge < -0.3 is 4.90 Å². The lowest BCUT2D eigenvalue weighted by atomic mass is 10.0. The maximum atomic E-state index is 2.59. The molecule has 1 nitrogen and oxygen atoms in total. The summed E-state index contributed by atoms with van der Waals surface area (Å²) in [4.78, 5) is 2.59. The van der Waals surface area contributed by atoms with Crippen LogP contribution < -0.4 is 0 Å². The van der Waals surface area contributed by atoms with E-state index >= 15 is 0 Å². The lowest BCUT2D eigenvalue weighted by molar-refractivity contribution is 0.350. The van der Waals surface area contributed by atoms with E-state index in [-0.39, 0.29) is 0 Å². The number of nitrogens with zero attached hydrogens (tertiary/aromatic N) is 1. The summed E-state index contributed by atoms with van der Waals surface area (Å²) < 4.78 is 0. The molecular formula is C36H65N. The molecule has 0 unspecified atom stereocenters. The predicted molar refractivity (Wildman–Crippen MR) is 169 cm³/mol. The second kappa shape index (κ2) is 25.1. The standard InChI is InChI=1S/C36H65N/c1-34(2)26-20-15-11-7-5-9-13-17-24-31-37(33-30-36-28-22-19-23-29-36)32-25-18-14-10-6-8-12-16-21-27-35(3)4/h19,22-23,28-30,33-35H,5-18,20-21,24-27,31-32H2,1-4H3. The first-order valence-corrected chi connectivity index (χ1v) is 16.5. The van der Waals surface area contributed by atoms with Crippen LogP contribution in [0.25, 0.3) is 6.08 Å². The van der Waals surface area contributed by atoms with Gasteiger partial charge in [-0.1, -0.05) is 174 Å². The smallest absolute Gasteiger partial charge is 0.0172 e. The molecule has 0 aliphatic rings. The molecular weight excluding hydrogens is 446 g/mol. The minimum absolute atomic E-state index is 0.876. The predicted octanol–water partition coefficient (Wildman–Crippen LogP) is 12.1. The van der Waals surface area contributed by atoms with Crippen molar-refractivity contribution in [1.82, 2.24) is 4.90 Å². The van der Waals surface area contributed by atoms with Gasteiger partial charge in [0, 0.05) is 13.1 Å². The fourth-order valence-electron chi connectivity index (χ4n) is 5.23. The van der Waals surface area contributed by atoms with Crippen LogP contribution >= 0.6 is 0 Å². The van der Waals surface area contributed by atoms with Crippen LogP contribution in [0.15, 0.2) is 36.5 Å². The summed E-state index contributed by atoms with van der Waals surface area (Å²) in [6.07, 6.45) is 33.1. The van der Waals surface area contributed by atoms with Crippen LogP contribution in [0.4, 0.5) is 0 Å². The van der Waals surface area contributed by atoms with Crippen molar-refractivity contribution < 1.29 is 0 Å². The summed E-state index contributed by atoms with van der Waals surface area (Å²) in [7, 11) is 0. The van der Waals surface area contributed by atoms with Gasteiger partial charge in [0.05, 0.1) is 0 Å². The molecule has 0 saturated carbocycles. The monoisotopic (exact) mass is 512 g/mol. The SMILES string of the molecule is CC(C)CCCCCCCCCCCN(C=Cc1ccccc1)CCCCCCCCCCCC(C)C. The van der Waals surface area contributed by atoms with Gasteiger partial charge in [-0.2, -0.15) is 0 Å². The van der Waals surface area contributed by atoms with Gasteiger partial charge in [-0.3, -0.25) is 0 Å². The molecule has 0 atom stereocenters. The van der Waals surface area contributed by atoms with Crippen molar-refractivity contribution in [2.24, 2.45) is 11.8 Å². The Kier molecular flexibility index (Phi) is 22.9. The van der Waals surface area contributed by atoms with Gasteiger partial charge in [-0.05, 0) is 42.5 Å². The Balaban J connectivity index is 2.13. The molecule has 0 bridgehead atoms. The number of hydrogen-bond acceptors (Lipinski definition) is 1. The van der Waals surface area contributed by atoms with E-state index in [0.717, 1.165) is 11.8 Å². The van der Waals surface area contributed by atoms with E-state index in [2.05, 4.69) is 75.2 Å². The molecule has 0 aromatic heterocycles. The summed E-state index contributed by atoms with van der Waals surface area (Å²) in [6.45, 7) is 11.8. The lowest BCUT2D eigenvalue weighted by Gasteiger charge is -2.20. The van der Waals surface area contributed by atoms with Crippen molar-refractivity contribution in [2.45, 2.75) is 156 Å². The van der Waals surface area contributed by atoms with Crippen LogP contribution in [0.3, 0.4) is 0 Å². The Labute approximate surface area is 233 Å². The van der Waals surface area contributed by atoms with Crippen molar-refractivity contribution >= 4 is 6.08 Å². The Bertz CT molecular complexity index is 572. The zero-order valence-electron chi connectivity index (χ0n) is 25.7. The molecule has 0 N–H and O–H groups in total. The molecule has 0 fully saturated rings. The van der Waals surface area contributed by atoms with Crippen molar-refractivity contribution in [1.29, 1.82) is 0 Å². The van der Waals surface area contributed by atoms with Gasteiger partial charge in [0.25, 0.3) is 0 Å². The van der Waals surface area contributed by atoms with Crippen molar-refractivity contribution in [3.63, 3.8) is 0 Å². The zero-order chi connectivity index (χ0) is 26.8. The summed E-state index contributed by atoms with van der Waals surface area (Å²) in [6, 6.07) is 10.8. The molecule has 0 spiro atoms. The average Bonchev–Trinajstić information content (AvgIpc) is 2.88. The highest BCUT2D eigenvalue weighted by Gasteiger charge is 2.02. The van der Waals surface area contributed by atoms with E-state index < -0.39 is 0 Å². The molecule has 0 radical (unpaired) electrons. The van der Waals surface area contributed by atoms with E-state index in [1.54, 1.807) is 0 Å². The Morgan fingerprint density at radius 2 is 0.838 bits per heavy atom. The molecule has 1 aromatic rings. The van der Waals surface area contributed by atoms with Gasteiger partial charge in [0.2, 0.25) is 0 Å². The average molecular weight is 512 g/mol. The largest absolute Gasteiger partial charge is 0.377 e. The van der Waals surface area contributed by atoms with Crippen LogP contribution in [0, 0.1) is 11.8 Å². The van der Waals surface area contributed by atoms with E-state index in [4.69, 9.17) is 0 Å². The van der Waals surface area contributed by atoms with Crippen LogP contribution in [0.1, 0.15) is 162 Å². The zero-order valence-corrected chi connectivity index (χ0v) is 25.7. The molecule has 37 heavy (non-hydrogen) atoms. The number of benzene rings is 1. The lowest BCUT2D eigenvalue weighted by Crippen LogP contribution is -2.20. The van der Waals surface area contributed by atoms with Crippen LogP contribution in [0.5, 0.6) is 0 Å². The molecule has 0 aliphatic carbocycles. The van der Waals surface area contributed by atoms with Gasteiger partial charge in [-0.25, -0.2) is 0 Å². The minimum atomic E-state index is 0.876. The first-order chi connectivity index (χ1) is 18.1. The third kappa shape index (κ3) is 23.6. The molecule has 1 heteroatoms. The molecule has 1 rings (SSSR count). The number of unbranched alkanes of at least 4 members (excludes halogenated alkanes) is 16. The van der Waals surface area contributed by atoms with E-state index in [1.807, 2.05) is 0 Å². The first-order valence-electron chi connectivity index (χ1n) is 16.5.